The van der Waals surface area contributed by atoms with Crippen molar-refractivity contribution in [2.75, 3.05) is 5.32 Å². The van der Waals surface area contributed by atoms with E-state index in [9.17, 15) is 4.79 Å². The maximum atomic E-state index is 10.6. The number of hydrogen-bond donors (Lipinski definition) is 2. The molecule has 5 nitrogen and oxygen atoms in total. The van der Waals surface area contributed by atoms with Crippen LogP contribution in [0, 0.1) is 0 Å². The highest BCUT2D eigenvalue weighted by Gasteiger charge is 2.10. The summed E-state index contributed by atoms with van der Waals surface area (Å²) >= 11 is 9.23. The molecule has 7 heteroatoms. The summed E-state index contributed by atoms with van der Waals surface area (Å²) in [5.74, 6) is -0.678. The van der Waals surface area contributed by atoms with Crippen LogP contribution in [0.15, 0.2) is 33.3 Å². The van der Waals surface area contributed by atoms with Crippen LogP contribution in [0.25, 0.3) is 0 Å². The minimum atomic E-state index is -1.11. The van der Waals surface area contributed by atoms with Gasteiger partial charge in [-0.05, 0) is 34.1 Å². The van der Waals surface area contributed by atoms with Crippen LogP contribution in [0.4, 0.5) is 5.69 Å². The van der Waals surface area contributed by atoms with Crippen molar-refractivity contribution >= 4 is 39.2 Å². The average molecular weight is 332 g/mol. The van der Waals surface area contributed by atoms with Crippen molar-refractivity contribution in [3.05, 3.63) is 45.2 Å². The Bertz CT molecular complexity index is 585. The first-order valence-corrected chi connectivity index (χ1v) is 6.11. The zero-order chi connectivity index (χ0) is 13.1. The Balaban J connectivity index is 2.02. The summed E-state index contributed by atoms with van der Waals surface area (Å²) in [5.41, 5.74) is 0.692. The molecule has 2 N–H and O–H groups in total. The predicted molar refractivity (Wildman–Crippen MR) is 69.9 cm³/mol. The quantitative estimate of drug-likeness (QED) is 0.898. The summed E-state index contributed by atoms with van der Waals surface area (Å²) in [4.78, 5) is 10.6. The van der Waals surface area contributed by atoms with Crippen molar-refractivity contribution in [3.8, 4) is 0 Å². The first kappa shape index (κ1) is 12.9. The highest BCUT2D eigenvalue weighted by atomic mass is 79.9. The van der Waals surface area contributed by atoms with Gasteiger partial charge in [0, 0.05) is 16.2 Å². The molecule has 0 radical (unpaired) electrons. The number of nitrogens with one attached hydrogen (secondary N) is 1. The number of rotatable bonds is 4. The molecule has 0 saturated carbocycles. The van der Waals surface area contributed by atoms with Crippen LogP contribution in [0.2, 0.25) is 5.02 Å². The van der Waals surface area contributed by atoms with Crippen molar-refractivity contribution in [2.24, 2.45) is 0 Å². The second-order valence-electron chi connectivity index (χ2n) is 3.47. The molecule has 1 aromatic carbocycles. The van der Waals surface area contributed by atoms with Crippen LogP contribution in [-0.2, 0) is 6.54 Å². The number of halogens is 2. The second kappa shape index (κ2) is 5.41. The van der Waals surface area contributed by atoms with Crippen LogP contribution in [0.1, 0.15) is 16.2 Å². The van der Waals surface area contributed by atoms with E-state index < -0.39 is 5.97 Å². The highest BCUT2D eigenvalue weighted by Crippen LogP contribution is 2.25. The van der Waals surface area contributed by atoms with E-state index in [2.05, 4.69) is 26.4 Å². The van der Waals surface area contributed by atoms with E-state index in [1.165, 1.54) is 6.07 Å². The molecule has 0 spiro atoms. The van der Waals surface area contributed by atoms with E-state index in [1.807, 2.05) is 12.1 Å². The molecule has 18 heavy (non-hydrogen) atoms. The number of carbonyl (C=O) groups is 1. The molecule has 0 bridgehead atoms. The lowest BCUT2D eigenvalue weighted by Gasteiger charge is -2.04. The summed E-state index contributed by atoms with van der Waals surface area (Å²) in [6, 6.07) is 6.77. The molecule has 0 aliphatic heterocycles. The van der Waals surface area contributed by atoms with Crippen LogP contribution in [-0.4, -0.2) is 16.2 Å². The summed E-state index contributed by atoms with van der Waals surface area (Å²) in [6.45, 7) is 0.332. The molecular formula is C11H8BrClN2O3. The van der Waals surface area contributed by atoms with E-state index in [0.29, 0.717) is 17.3 Å². The molecule has 0 fully saturated rings. The van der Waals surface area contributed by atoms with Crippen molar-refractivity contribution in [2.45, 2.75) is 6.54 Å². The molecule has 0 amide bonds. The Labute approximate surface area is 116 Å². The average Bonchev–Trinajstić information content (AvgIpc) is 2.79. The van der Waals surface area contributed by atoms with Gasteiger partial charge in [0.2, 0.25) is 0 Å². The maximum Gasteiger partial charge on any atom is 0.358 e. The number of carboxylic acids is 1. The molecular weight excluding hydrogens is 323 g/mol. The minimum Gasteiger partial charge on any atom is -0.476 e. The van der Waals surface area contributed by atoms with E-state index >= 15 is 0 Å². The minimum absolute atomic E-state index is 0.111. The summed E-state index contributed by atoms with van der Waals surface area (Å²) in [5, 5.41) is 15.7. The van der Waals surface area contributed by atoms with Crippen molar-refractivity contribution < 1.29 is 14.4 Å². The normalized spacial score (nSPS) is 10.3. The van der Waals surface area contributed by atoms with Crippen molar-refractivity contribution in [3.63, 3.8) is 0 Å². The zero-order valence-electron chi connectivity index (χ0n) is 8.98. The lowest BCUT2D eigenvalue weighted by atomic mass is 10.3. The van der Waals surface area contributed by atoms with Crippen LogP contribution >= 0.6 is 27.5 Å². The Kier molecular flexibility index (Phi) is 3.88. The van der Waals surface area contributed by atoms with E-state index in [1.54, 1.807) is 6.07 Å². The predicted octanol–water partition coefficient (Wildman–Crippen LogP) is 3.40. The largest absolute Gasteiger partial charge is 0.476 e. The van der Waals surface area contributed by atoms with E-state index in [4.69, 9.17) is 21.2 Å². The smallest absolute Gasteiger partial charge is 0.358 e. The van der Waals surface area contributed by atoms with Gasteiger partial charge in [0.15, 0.2) is 11.5 Å². The Morgan fingerprint density at radius 1 is 1.50 bits per heavy atom. The summed E-state index contributed by atoms with van der Waals surface area (Å²) in [7, 11) is 0. The third-order valence-electron chi connectivity index (χ3n) is 2.16. The number of hydrogen-bond acceptors (Lipinski definition) is 4. The van der Waals surface area contributed by atoms with E-state index in [0.717, 1.165) is 10.2 Å². The van der Waals surface area contributed by atoms with Crippen molar-refractivity contribution in [1.29, 1.82) is 0 Å². The molecule has 0 saturated heterocycles. The van der Waals surface area contributed by atoms with Gasteiger partial charge in [-0.2, -0.15) is 0 Å². The fourth-order valence-corrected chi connectivity index (χ4v) is 1.72. The van der Waals surface area contributed by atoms with Gasteiger partial charge in [0.05, 0.1) is 11.6 Å². The molecule has 2 rings (SSSR count). The van der Waals surface area contributed by atoms with Crippen LogP contribution in [0.3, 0.4) is 0 Å². The van der Waals surface area contributed by atoms with Gasteiger partial charge in [-0.25, -0.2) is 4.79 Å². The van der Waals surface area contributed by atoms with Crippen molar-refractivity contribution in [1.82, 2.24) is 5.16 Å². The number of carboxylic acid groups (broad SMARTS) is 1. The molecule has 0 aliphatic rings. The molecule has 0 atom stereocenters. The standard InChI is InChI=1S/C11H8BrClN2O3/c12-8-2-1-6(3-9(8)13)14-5-7-4-10(11(16)17)15-18-7/h1-4,14H,5H2,(H,16,17). The van der Waals surface area contributed by atoms with Crippen LogP contribution < -0.4 is 5.32 Å². The van der Waals surface area contributed by atoms with Gasteiger partial charge in [0.25, 0.3) is 0 Å². The Hall–Kier alpha value is -1.53. The summed E-state index contributed by atoms with van der Waals surface area (Å²) < 4.78 is 5.67. The molecule has 0 unspecified atom stereocenters. The van der Waals surface area contributed by atoms with E-state index in [-0.39, 0.29) is 5.69 Å². The number of aromatic carboxylic acids is 1. The van der Waals surface area contributed by atoms with Gasteiger partial charge < -0.3 is 14.9 Å². The van der Waals surface area contributed by atoms with Gasteiger partial charge in [-0.15, -0.1) is 0 Å². The second-order valence-corrected chi connectivity index (χ2v) is 4.73. The third-order valence-corrected chi connectivity index (χ3v) is 3.40. The lowest BCUT2D eigenvalue weighted by molar-refractivity contribution is 0.0685. The molecule has 1 heterocycles. The molecule has 2 aromatic rings. The van der Waals surface area contributed by atoms with Gasteiger partial charge in [-0.1, -0.05) is 16.8 Å². The topological polar surface area (TPSA) is 75.4 Å². The zero-order valence-corrected chi connectivity index (χ0v) is 11.3. The maximum absolute atomic E-state index is 10.6. The van der Waals surface area contributed by atoms with Gasteiger partial charge >= 0.3 is 5.97 Å². The summed E-state index contributed by atoms with van der Waals surface area (Å²) in [6.07, 6.45) is 0. The fourth-order valence-electron chi connectivity index (χ4n) is 1.29. The Morgan fingerprint density at radius 2 is 2.28 bits per heavy atom. The number of benzene rings is 1. The number of aromatic nitrogens is 1. The first-order valence-electron chi connectivity index (χ1n) is 4.94. The van der Waals surface area contributed by atoms with Gasteiger partial charge in [-0.3, -0.25) is 0 Å². The monoisotopic (exact) mass is 330 g/mol. The lowest BCUT2D eigenvalue weighted by Crippen LogP contribution is -1.98. The molecule has 94 valence electrons. The van der Waals surface area contributed by atoms with Gasteiger partial charge in [0.1, 0.15) is 0 Å². The third kappa shape index (κ3) is 3.02. The number of nitrogens with zero attached hydrogens (tertiary/aromatic N) is 1. The first-order chi connectivity index (χ1) is 8.56. The Morgan fingerprint density at radius 3 is 2.89 bits per heavy atom. The molecule has 0 aliphatic carbocycles. The van der Waals surface area contributed by atoms with Crippen LogP contribution in [0.5, 0.6) is 0 Å². The fraction of sp³-hybridized carbons (Fsp3) is 0.0909. The SMILES string of the molecule is O=C(O)c1cc(CNc2ccc(Br)c(Cl)c2)on1. The highest BCUT2D eigenvalue weighted by molar-refractivity contribution is 9.10. The number of anilines is 1. The molecule has 1 aromatic heterocycles.